The smallest absolute Gasteiger partial charge is 0.155 e. The number of benzene rings is 1. The van der Waals surface area contributed by atoms with Crippen LogP contribution in [0.15, 0.2) is 18.2 Å². The molecule has 1 aromatic rings. The molecular formula is C13H17Cl3N2+2. The van der Waals surface area contributed by atoms with E-state index in [9.17, 15) is 0 Å². The van der Waals surface area contributed by atoms with Gasteiger partial charge in [0.05, 0.1) is 0 Å². The Bertz CT molecular complexity index is 451. The SMILES string of the molecule is ClC[N+]12CC[N+](c3cc(Cl)ccc3Cl)(CC1)CC2. The maximum atomic E-state index is 6.38. The molecule has 3 fully saturated rings. The molecule has 5 heteroatoms. The van der Waals surface area contributed by atoms with Crippen LogP contribution in [0.2, 0.25) is 10.0 Å². The van der Waals surface area contributed by atoms with Crippen molar-refractivity contribution in [1.82, 2.24) is 4.48 Å². The Hall–Kier alpha value is 0.01000. The molecule has 3 aliphatic rings. The van der Waals surface area contributed by atoms with Crippen LogP contribution in [0.3, 0.4) is 0 Å². The molecule has 3 heterocycles. The minimum absolute atomic E-state index is 0.739. The second kappa shape index (κ2) is 4.53. The lowest BCUT2D eigenvalue weighted by atomic mass is 10.1. The molecule has 0 N–H and O–H groups in total. The fourth-order valence-corrected chi connectivity index (χ4v) is 4.09. The molecule has 0 radical (unpaired) electrons. The predicted molar refractivity (Wildman–Crippen MR) is 78.4 cm³/mol. The number of hydrogen-bond acceptors (Lipinski definition) is 0. The predicted octanol–water partition coefficient (Wildman–Crippen LogP) is 3.34. The van der Waals surface area contributed by atoms with Crippen LogP contribution in [0, 0.1) is 0 Å². The van der Waals surface area contributed by atoms with E-state index in [0.717, 1.165) is 64.3 Å². The highest BCUT2D eigenvalue weighted by Crippen LogP contribution is 2.38. The van der Waals surface area contributed by atoms with Gasteiger partial charge in [0.15, 0.2) is 11.7 Å². The minimum Gasteiger partial charge on any atom is -0.297 e. The second-order valence-corrected chi connectivity index (χ2v) is 6.63. The van der Waals surface area contributed by atoms with Crippen molar-refractivity contribution in [3.05, 3.63) is 28.2 Å². The molecule has 1 aromatic carbocycles. The summed E-state index contributed by atoms with van der Waals surface area (Å²) in [4.78, 5) is 0. The number of quaternary nitrogens is 2. The van der Waals surface area contributed by atoms with Gasteiger partial charge in [-0.2, -0.15) is 0 Å². The van der Waals surface area contributed by atoms with E-state index in [2.05, 4.69) is 0 Å². The van der Waals surface area contributed by atoms with E-state index in [-0.39, 0.29) is 0 Å². The fraction of sp³-hybridized carbons (Fsp3) is 0.538. The zero-order chi connectivity index (χ0) is 12.8. The van der Waals surface area contributed by atoms with Crippen LogP contribution < -0.4 is 4.48 Å². The van der Waals surface area contributed by atoms with Gasteiger partial charge in [-0.3, -0.25) is 8.97 Å². The number of rotatable bonds is 2. The highest BCUT2D eigenvalue weighted by Gasteiger charge is 2.50. The Morgan fingerprint density at radius 1 is 0.944 bits per heavy atom. The number of hydrogen-bond donors (Lipinski definition) is 0. The van der Waals surface area contributed by atoms with Gasteiger partial charge in [-0.05, 0) is 12.1 Å². The number of halogens is 3. The third kappa shape index (κ3) is 1.95. The van der Waals surface area contributed by atoms with Crippen LogP contribution in [0.25, 0.3) is 0 Å². The van der Waals surface area contributed by atoms with Crippen molar-refractivity contribution in [2.45, 2.75) is 0 Å². The summed E-state index contributed by atoms with van der Waals surface area (Å²) >= 11 is 18.6. The maximum absolute atomic E-state index is 6.38. The van der Waals surface area contributed by atoms with Crippen molar-refractivity contribution in [3.8, 4) is 0 Å². The van der Waals surface area contributed by atoms with Crippen molar-refractivity contribution in [2.24, 2.45) is 0 Å². The molecule has 0 aliphatic carbocycles. The molecule has 2 bridgehead atoms. The lowest BCUT2D eigenvalue weighted by Gasteiger charge is -2.54. The fourth-order valence-electron chi connectivity index (χ4n) is 3.27. The summed E-state index contributed by atoms with van der Waals surface area (Å²) in [5, 5.41) is 1.61. The van der Waals surface area contributed by atoms with Gasteiger partial charge < -0.3 is 0 Å². The maximum Gasteiger partial charge on any atom is 0.155 e. The molecule has 98 valence electrons. The van der Waals surface area contributed by atoms with Crippen LogP contribution in [-0.4, -0.2) is 49.8 Å². The molecule has 18 heavy (non-hydrogen) atoms. The highest BCUT2D eigenvalue weighted by molar-refractivity contribution is 6.35. The van der Waals surface area contributed by atoms with Gasteiger partial charge in [0.1, 0.15) is 44.3 Å². The first-order chi connectivity index (χ1) is 8.59. The average Bonchev–Trinajstić information content (AvgIpc) is 2.43. The van der Waals surface area contributed by atoms with Crippen LogP contribution in [0.4, 0.5) is 5.69 Å². The Kier molecular flexibility index (Phi) is 3.28. The molecule has 0 aromatic heterocycles. The standard InChI is InChI=1S/C13H17Cl3N2/c14-10-17-3-6-18(7-4-17,8-5-17)13-9-11(15)1-2-12(13)16/h1-2,9H,3-8,10H2/q+2. The first kappa shape index (κ1) is 13.0. The van der Waals surface area contributed by atoms with Crippen molar-refractivity contribution in [3.63, 3.8) is 0 Å². The summed E-state index contributed by atoms with van der Waals surface area (Å²) in [6.07, 6.45) is 0. The average molecular weight is 308 g/mol. The number of fused-ring (bicyclic) bond motifs is 3. The molecule has 0 saturated carbocycles. The zero-order valence-electron chi connectivity index (χ0n) is 10.2. The van der Waals surface area contributed by atoms with Crippen molar-refractivity contribution < 1.29 is 4.48 Å². The summed E-state index contributed by atoms with van der Waals surface area (Å²) in [7, 11) is 0. The van der Waals surface area contributed by atoms with E-state index in [1.54, 1.807) is 0 Å². The normalized spacial score (nSPS) is 34.8. The number of piperazine rings is 3. The lowest BCUT2D eigenvalue weighted by Crippen LogP contribution is -2.75. The van der Waals surface area contributed by atoms with E-state index >= 15 is 0 Å². The second-order valence-electron chi connectivity index (χ2n) is 5.54. The van der Waals surface area contributed by atoms with E-state index in [1.807, 2.05) is 18.2 Å². The monoisotopic (exact) mass is 306 g/mol. The Morgan fingerprint density at radius 2 is 1.56 bits per heavy atom. The first-order valence-electron chi connectivity index (χ1n) is 6.32. The molecule has 3 aliphatic heterocycles. The van der Waals surface area contributed by atoms with Gasteiger partial charge >= 0.3 is 0 Å². The van der Waals surface area contributed by atoms with Crippen LogP contribution >= 0.6 is 34.8 Å². The summed E-state index contributed by atoms with van der Waals surface area (Å²) in [6, 6.07) is 6.55. The van der Waals surface area contributed by atoms with E-state index in [4.69, 9.17) is 34.8 Å². The number of alkyl halides is 1. The van der Waals surface area contributed by atoms with Crippen LogP contribution in [0.5, 0.6) is 0 Å². The Balaban J connectivity index is 1.96. The van der Waals surface area contributed by atoms with Gasteiger partial charge in [-0.15, -0.1) is 0 Å². The summed E-state index contributed by atoms with van der Waals surface area (Å²) < 4.78 is 2.05. The van der Waals surface area contributed by atoms with Gasteiger partial charge in [-0.25, -0.2) is 0 Å². The van der Waals surface area contributed by atoms with E-state index in [0.29, 0.717) is 0 Å². The zero-order valence-corrected chi connectivity index (χ0v) is 12.5. The van der Waals surface area contributed by atoms with Gasteiger partial charge in [0.2, 0.25) is 0 Å². The topological polar surface area (TPSA) is 0 Å². The van der Waals surface area contributed by atoms with E-state index < -0.39 is 0 Å². The summed E-state index contributed by atoms with van der Waals surface area (Å²) in [5.41, 5.74) is 1.19. The minimum atomic E-state index is 0.739. The third-order valence-corrected chi connectivity index (χ3v) is 5.74. The largest absolute Gasteiger partial charge is 0.297 e. The third-order valence-electron chi connectivity index (χ3n) is 4.68. The quantitative estimate of drug-likeness (QED) is 0.446. The summed E-state index contributed by atoms with van der Waals surface area (Å²) in [5.74, 6) is 0. The molecule has 0 amide bonds. The van der Waals surface area contributed by atoms with E-state index in [1.165, 1.54) is 5.69 Å². The van der Waals surface area contributed by atoms with Crippen LogP contribution in [-0.2, 0) is 0 Å². The molecule has 4 rings (SSSR count). The van der Waals surface area contributed by atoms with Crippen molar-refractivity contribution >= 4 is 40.5 Å². The molecular weight excluding hydrogens is 291 g/mol. The van der Waals surface area contributed by atoms with Gasteiger partial charge in [-0.1, -0.05) is 34.8 Å². The first-order valence-corrected chi connectivity index (χ1v) is 7.61. The molecule has 0 unspecified atom stereocenters. The van der Waals surface area contributed by atoms with Crippen molar-refractivity contribution in [2.75, 3.05) is 45.3 Å². The Morgan fingerprint density at radius 3 is 2.11 bits per heavy atom. The highest BCUT2D eigenvalue weighted by atomic mass is 35.5. The Labute approximate surface area is 123 Å². The van der Waals surface area contributed by atoms with Crippen molar-refractivity contribution in [1.29, 1.82) is 0 Å². The van der Waals surface area contributed by atoms with Crippen LogP contribution in [0.1, 0.15) is 0 Å². The van der Waals surface area contributed by atoms with Gasteiger partial charge in [0, 0.05) is 11.1 Å². The molecule has 0 atom stereocenters. The molecule has 2 nitrogen and oxygen atoms in total. The molecule has 3 saturated heterocycles. The van der Waals surface area contributed by atoms with Gasteiger partial charge in [0.25, 0.3) is 0 Å². The lowest BCUT2D eigenvalue weighted by molar-refractivity contribution is -0.930. The summed E-state index contributed by atoms with van der Waals surface area (Å²) in [6.45, 7) is 6.79. The molecule has 0 spiro atoms. The number of nitrogens with zero attached hydrogens (tertiary/aromatic N) is 2.